The molecule has 0 bridgehead atoms. The maximum Gasteiger partial charge on any atom is 0.296 e. The van der Waals surface area contributed by atoms with Gasteiger partial charge in [-0.25, -0.2) is 0 Å². The van der Waals surface area contributed by atoms with Gasteiger partial charge >= 0.3 is 0 Å². The molecule has 4 heteroatoms. The fraction of sp³-hybridized carbons (Fsp3) is 0.700. The van der Waals surface area contributed by atoms with Crippen molar-refractivity contribution in [1.82, 2.24) is 5.32 Å². The fourth-order valence-electron chi connectivity index (χ4n) is 1.93. The van der Waals surface area contributed by atoms with Crippen molar-refractivity contribution >= 4 is 21.8 Å². The summed E-state index contributed by atoms with van der Waals surface area (Å²) >= 11 is 2.87. The molecule has 3 nitrogen and oxygen atoms in total. The van der Waals surface area contributed by atoms with Gasteiger partial charge in [0.2, 0.25) is 0 Å². The Labute approximate surface area is 92.4 Å². The molecule has 0 aliphatic heterocycles. The minimum Gasteiger partial charge on any atom is -0.396 e. The van der Waals surface area contributed by atoms with Crippen LogP contribution in [0.2, 0.25) is 0 Å². The van der Waals surface area contributed by atoms with Crippen molar-refractivity contribution in [2.45, 2.75) is 19.3 Å². The van der Waals surface area contributed by atoms with E-state index >= 15 is 0 Å². The van der Waals surface area contributed by atoms with E-state index in [0.29, 0.717) is 18.4 Å². The molecular weight excluding hydrogens is 246 g/mol. The van der Waals surface area contributed by atoms with Crippen LogP contribution in [0.4, 0.5) is 0 Å². The van der Waals surface area contributed by atoms with E-state index in [-0.39, 0.29) is 12.5 Å². The third kappa shape index (κ3) is 3.32. The molecule has 1 amide bonds. The summed E-state index contributed by atoms with van der Waals surface area (Å²) in [6.07, 6.45) is 3.31. The summed E-state index contributed by atoms with van der Waals surface area (Å²) in [4.78, 5) is 13.4. The van der Waals surface area contributed by atoms with E-state index in [1.54, 1.807) is 0 Å². The second-order valence-electron chi connectivity index (χ2n) is 3.56. The summed E-state index contributed by atoms with van der Waals surface area (Å²) < 4.78 is 0. The molecule has 0 aromatic heterocycles. The van der Waals surface area contributed by atoms with E-state index in [0.717, 1.165) is 19.3 Å². The minimum atomic E-state index is -0.259. The van der Waals surface area contributed by atoms with Crippen LogP contribution < -0.4 is 5.32 Å². The third-order valence-corrected chi connectivity index (χ3v) is 2.93. The Morgan fingerprint density at radius 1 is 1.50 bits per heavy atom. The maximum atomic E-state index is 11.0. The zero-order valence-corrected chi connectivity index (χ0v) is 9.51. The monoisotopic (exact) mass is 259 g/mol. The van der Waals surface area contributed by atoms with Crippen LogP contribution in [0.25, 0.3) is 0 Å². The molecule has 1 aliphatic rings. The lowest BCUT2D eigenvalue weighted by Gasteiger charge is -2.16. The molecule has 0 saturated heterocycles. The van der Waals surface area contributed by atoms with E-state index in [2.05, 4.69) is 32.0 Å². The lowest BCUT2D eigenvalue weighted by molar-refractivity contribution is -0.115. The average molecular weight is 260 g/mol. The number of hydrogen-bond acceptors (Lipinski definition) is 2. The third-order valence-electron chi connectivity index (χ3n) is 2.74. The first-order valence-corrected chi connectivity index (χ1v) is 5.57. The van der Waals surface area contributed by atoms with Crippen LogP contribution in [0.1, 0.15) is 19.3 Å². The summed E-state index contributed by atoms with van der Waals surface area (Å²) in [5, 5.41) is 11.8. The molecule has 0 heterocycles. The van der Waals surface area contributed by atoms with Gasteiger partial charge in [-0.2, -0.15) is 0 Å². The molecule has 0 radical (unpaired) electrons. The lowest BCUT2D eigenvalue weighted by atomic mass is 9.97. The Morgan fingerprint density at radius 3 is 2.86 bits per heavy atom. The van der Waals surface area contributed by atoms with Crippen molar-refractivity contribution < 1.29 is 9.90 Å². The van der Waals surface area contributed by atoms with E-state index in [1.807, 2.05) is 0 Å². The zero-order valence-electron chi connectivity index (χ0n) is 7.92. The van der Waals surface area contributed by atoms with Gasteiger partial charge in [-0.1, -0.05) is 6.42 Å². The molecule has 2 unspecified atom stereocenters. The molecule has 2 N–H and O–H groups in total. The number of hydrogen-bond donors (Lipinski definition) is 2. The van der Waals surface area contributed by atoms with E-state index in [4.69, 9.17) is 5.11 Å². The summed E-state index contributed by atoms with van der Waals surface area (Å²) in [6, 6.07) is 0. The highest BCUT2D eigenvalue weighted by Gasteiger charge is 2.26. The highest BCUT2D eigenvalue weighted by atomic mass is 79.9. The molecule has 14 heavy (non-hydrogen) atoms. The van der Waals surface area contributed by atoms with E-state index < -0.39 is 0 Å². The molecular formula is C10H14BrNO2. The van der Waals surface area contributed by atoms with Crippen molar-refractivity contribution in [2.24, 2.45) is 11.8 Å². The smallest absolute Gasteiger partial charge is 0.296 e. The van der Waals surface area contributed by atoms with Gasteiger partial charge < -0.3 is 10.4 Å². The number of aliphatic hydroxyl groups is 1. The topological polar surface area (TPSA) is 49.3 Å². The predicted octanol–water partition coefficient (Wildman–Crippen LogP) is 0.867. The Bertz CT molecular complexity index is 257. The summed E-state index contributed by atoms with van der Waals surface area (Å²) in [6.45, 7) is 0.858. The van der Waals surface area contributed by atoms with Crippen LogP contribution in [0.3, 0.4) is 0 Å². The normalized spacial score (nSPS) is 25.3. The van der Waals surface area contributed by atoms with Gasteiger partial charge in [0.25, 0.3) is 5.91 Å². The highest BCUT2D eigenvalue weighted by molar-refractivity contribution is 9.12. The van der Waals surface area contributed by atoms with Crippen LogP contribution in [0, 0.1) is 22.6 Å². The van der Waals surface area contributed by atoms with E-state index in [1.165, 1.54) is 0 Å². The predicted molar refractivity (Wildman–Crippen MR) is 57.6 cm³/mol. The zero-order chi connectivity index (χ0) is 10.4. The Balaban J connectivity index is 2.29. The standard InChI is InChI=1S/C10H14BrNO2/c11-5-4-10(14)12-6-8-2-1-3-9(8)7-13/h8-9,13H,1-3,6-7H2,(H,12,14). The largest absolute Gasteiger partial charge is 0.396 e. The molecule has 0 aromatic rings. The maximum absolute atomic E-state index is 11.0. The Morgan fingerprint density at radius 2 is 2.21 bits per heavy atom. The number of carbonyl (C=O) groups excluding carboxylic acids is 1. The summed E-state index contributed by atoms with van der Waals surface area (Å²) in [7, 11) is 0. The number of carbonyl (C=O) groups is 1. The Hall–Kier alpha value is -0.530. The Kier molecular flexibility index (Phi) is 4.99. The summed E-state index contributed by atoms with van der Waals surface area (Å²) in [5.41, 5.74) is 0. The molecule has 1 saturated carbocycles. The van der Waals surface area contributed by atoms with E-state index in [9.17, 15) is 4.79 Å². The molecule has 1 aliphatic carbocycles. The minimum absolute atomic E-state index is 0.227. The molecule has 78 valence electrons. The quantitative estimate of drug-likeness (QED) is 0.740. The fourth-order valence-corrected chi connectivity index (χ4v) is 2.11. The number of nitrogens with one attached hydrogen (secondary N) is 1. The molecule has 1 rings (SSSR count). The first kappa shape index (κ1) is 11.5. The number of halogens is 1. The SMILES string of the molecule is O=C(C#CBr)NCC1CCCC1CO. The number of amides is 1. The van der Waals surface area contributed by atoms with Crippen molar-refractivity contribution in [3.63, 3.8) is 0 Å². The molecule has 0 aromatic carbocycles. The van der Waals surface area contributed by atoms with Gasteiger partial charge in [0.05, 0.1) is 0 Å². The van der Waals surface area contributed by atoms with Gasteiger partial charge in [0.1, 0.15) is 0 Å². The lowest BCUT2D eigenvalue weighted by Crippen LogP contribution is -2.30. The second-order valence-corrected chi connectivity index (χ2v) is 3.96. The molecule has 2 atom stereocenters. The molecule has 0 spiro atoms. The van der Waals surface area contributed by atoms with Crippen LogP contribution in [0.5, 0.6) is 0 Å². The van der Waals surface area contributed by atoms with Crippen LogP contribution in [0.15, 0.2) is 0 Å². The molecule has 1 fully saturated rings. The van der Waals surface area contributed by atoms with Gasteiger partial charge in [0, 0.05) is 35.0 Å². The van der Waals surface area contributed by atoms with Crippen molar-refractivity contribution in [3.05, 3.63) is 0 Å². The highest BCUT2D eigenvalue weighted by Crippen LogP contribution is 2.30. The van der Waals surface area contributed by atoms with Gasteiger partial charge in [-0.05, 0) is 29.5 Å². The van der Waals surface area contributed by atoms with Crippen molar-refractivity contribution in [1.29, 1.82) is 0 Å². The van der Waals surface area contributed by atoms with Gasteiger partial charge in [-0.3, -0.25) is 4.79 Å². The number of rotatable bonds is 3. The van der Waals surface area contributed by atoms with Crippen LogP contribution in [-0.2, 0) is 4.79 Å². The summed E-state index contributed by atoms with van der Waals surface area (Å²) in [5.74, 6) is 2.87. The van der Waals surface area contributed by atoms with Crippen molar-refractivity contribution in [2.75, 3.05) is 13.2 Å². The van der Waals surface area contributed by atoms with Crippen molar-refractivity contribution in [3.8, 4) is 10.8 Å². The van der Waals surface area contributed by atoms with Crippen LogP contribution in [-0.4, -0.2) is 24.2 Å². The number of aliphatic hydroxyl groups excluding tert-OH is 1. The van der Waals surface area contributed by atoms with Gasteiger partial charge in [-0.15, -0.1) is 0 Å². The first-order valence-electron chi connectivity index (χ1n) is 4.78. The first-order chi connectivity index (χ1) is 6.77. The van der Waals surface area contributed by atoms with Gasteiger partial charge in [0.15, 0.2) is 0 Å². The van der Waals surface area contributed by atoms with Crippen LogP contribution >= 0.6 is 15.9 Å². The second kappa shape index (κ2) is 6.05. The average Bonchev–Trinajstić information content (AvgIpc) is 2.62.